The van der Waals surface area contributed by atoms with Crippen LogP contribution in [0.2, 0.25) is 0 Å². The molecule has 3 aromatic rings. The van der Waals surface area contributed by atoms with Crippen LogP contribution in [0.3, 0.4) is 0 Å². The molecule has 0 saturated carbocycles. The Bertz CT molecular complexity index is 1060. The van der Waals surface area contributed by atoms with Gasteiger partial charge in [0.05, 0.1) is 12.1 Å². The Kier molecular flexibility index (Phi) is 5.12. The zero-order chi connectivity index (χ0) is 19.6. The van der Waals surface area contributed by atoms with Crippen LogP contribution in [-0.4, -0.2) is 34.9 Å². The third kappa shape index (κ3) is 3.92. The van der Waals surface area contributed by atoms with E-state index in [9.17, 15) is 14.4 Å². The van der Waals surface area contributed by atoms with Gasteiger partial charge in [0, 0.05) is 12.7 Å². The molecular weight excluding hydrogens is 346 g/mol. The molecule has 2 amide bonds. The number of fused-ring (bicyclic) bond motifs is 1. The minimum absolute atomic E-state index is 0.114. The van der Waals surface area contributed by atoms with Crippen LogP contribution < -0.4 is 11.1 Å². The van der Waals surface area contributed by atoms with Crippen LogP contribution in [0.15, 0.2) is 51.7 Å². The van der Waals surface area contributed by atoms with Crippen LogP contribution in [0.25, 0.3) is 11.1 Å². The second-order valence-corrected chi connectivity index (χ2v) is 6.47. The zero-order valence-electron chi connectivity index (χ0n) is 15.5. The summed E-state index contributed by atoms with van der Waals surface area (Å²) in [6.45, 7) is 3.59. The standard InChI is InChI=1S/C20H21N3O4/c1-13-7-6-8-15(14(13)2)21-18(24)11-22(3)19(25)12-23-16-9-4-5-10-17(16)27-20(23)26/h4-10H,11-12H2,1-3H3,(H,21,24). The van der Waals surface area contributed by atoms with Gasteiger partial charge in [-0.3, -0.25) is 14.2 Å². The van der Waals surface area contributed by atoms with Gasteiger partial charge in [0.1, 0.15) is 6.54 Å². The lowest BCUT2D eigenvalue weighted by Crippen LogP contribution is -2.38. The summed E-state index contributed by atoms with van der Waals surface area (Å²) in [6, 6.07) is 12.5. The summed E-state index contributed by atoms with van der Waals surface area (Å²) >= 11 is 0. The number of nitrogens with zero attached hydrogens (tertiary/aromatic N) is 2. The molecule has 0 bridgehead atoms. The number of para-hydroxylation sites is 2. The molecule has 1 aromatic heterocycles. The molecule has 7 heteroatoms. The molecule has 0 aliphatic carbocycles. The maximum Gasteiger partial charge on any atom is 0.420 e. The number of oxazole rings is 1. The van der Waals surface area contributed by atoms with Crippen LogP contribution in [-0.2, 0) is 16.1 Å². The molecule has 0 radical (unpaired) electrons. The Hall–Kier alpha value is -3.35. The monoisotopic (exact) mass is 367 g/mol. The molecule has 7 nitrogen and oxygen atoms in total. The number of anilines is 1. The van der Waals surface area contributed by atoms with Crippen LogP contribution in [0.1, 0.15) is 11.1 Å². The normalized spacial score (nSPS) is 10.8. The number of nitrogens with one attached hydrogen (secondary N) is 1. The first-order valence-electron chi connectivity index (χ1n) is 8.55. The van der Waals surface area contributed by atoms with Gasteiger partial charge in [0.25, 0.3) is 0 Å². The molecule has 0 aliphatic rings. The van der Waals surface area contributed by atoms with Crippen LogP contribution in [0, 0.1) is 13.8 Å². The van der Waals surface area contributed by atoms with E-state index in [0.29, 0.717) is 11.1 Å². The van der Waals surface area contributed by atoms with Crippen molar-refractivity contribution in [2.75, 3.05) is 18.9 Å². The number of carbonyl (C=O) groups is 2. The van der Waals surface area contributed by atoms with E-state index in [-0.39, 0.29) is 24.9 Å². The second-order valence-electron chi connectivity index (χ2n) is 6.47. The molecule has 0 atom stereocenters. The Morgan fingerprint density at radius 2 is 1.85 bits per heavy atom. The first-order chi connectivity index (χ1) is 12.9. The van der Waals surface area contributed by atoms with Gasteiger partial charge in [-0.1, -0.05) is 24.3 Å². The van der Waals surface area contributed by atoms with Gasteiger partial charge in [-0.15, -0.1) is 0 Å². The number of aromatic nitrogens is 1. The highest BCUT2D eigenvalue weighted by molar-refractivity contribution is 5.95. The highest BCUT2D eigenvalue weighted by Gasteiger charge is 2.17. The van der Waals surface area contributed by atoms with Crippen LogP contribution >= 0.6 is 0 Å². The number of hydrogen-bond donors (Lipinski definition) is 1. The van der Waals surface area contributed by atoms with Crippen molar-refractivity contribution in [3.05, 3.63) is 64.1 Å². The molecule has 2 aromatic carbocycles. The van der Waals surface area contributed by atoms with Gasteiger partial charge in [0.15, 0.2) is 5.58 Å². The number of aryl methyl sites for hydroxylation is 1. The number of benzene rings is 2. The van der Waals surface area contributed by atoms with Crippen molar-refractivity contribution >= 4 is 28.6 Å². The Morgan fingerprint density at radius 3 is 2.63 bits per heavy atom. The summed E-state index contributed by atoms with van der Waals surface area (Å²) in [4.78, 5) is 38.0. The number of likely N-dealkylation sites (N-methyl/N-ethyl adjacent to an activating group) is 1. The van der Waals surface area contributed by atoms with Crippen molar-refractivity contribution in [1.82, 2.24) is 9.47 Å². The van der Waals surface area contributed by atoms with Gasteiger partial charge in [-0.25, -0.2) is 4.79 Å². The molecule has 1 N–H and O–H groups in total. The van der Waals surface area contributed by atoms with Crippen molar-refractivity contribution in [2.24, 2.45) is 0 Å². The van der Waals surface area contributed by atoms with Gasteiger partial charge in [-0.2, -0.15) is 0 Å². The minimum atomic E-state index is -0.599. The average Bonchev–Trinajstić information content (AvgIpc) is 2.94. The van der Waals surface area contributed by atoms with Crippen molar-refractivity contribution < 1.29 is 14.0 Å². The van der Waals surface area contributed by atoms with Gasteiger partial charge < -0.3 is 14.6 Å². The third-order valence-corrected chi connectivity index (χ3v) is 4.55. The van der Waals surface area contributed by atoms with Crippen molar-refractivity contribution in [3.8, 4) is 0 Å². The fraction of sp³-hybridized carbons (Fsp3) is 0.250. The van der Waals surface area contributed by atoms with E-state index in [1.807, 2.05) is 32.0 Å². The van der Waals surface area contributed by atoms with Crippen LogP contribution in [0.4, 0.5) is 5.69 Å². The number of amides is 2. The first kappa shape index (κ1) is 18.4. The average molecular weight is 367 g/mol. The highest BCUT2D eigenvalue weighted by atomic mass is 16.4. The molecule has 0 unspecified atom stereocenters. The lowest BCUT2D eigenvalue weighted by molar-refractivity contribution is -0.133. The number of hydrogen-bond acceptors (Lipinski definition) is 4. The van der Waals surface area contributed by atoms with E-state index in [0.717, 1.165) is 16.8 Å². The molecule has 27 heavy (non-hydrogen) atoms. The van der Waals surface area contributed by atoms with E-state index in [2.05, 4.69) is 5.32 Å². The Labute approximate surface area is 156 Å². The van der Waals surface area contributed by atoms with E-state index in [1.165, 1.54) is 16.5 Å². The third-order valence-electron chi connectivity index (χ3n) is 4.55. The highest BCUT2D eigenvalue weighted by Crippen LogP contribution is 2.18. The lowest BCUT2D eigenvalue weighted by Gasteiger charge is -2.18. The van der Waals surface area contributed by atoms with Gasteiger partial charge in [0.2, 0.25) is 11.8 Å². The summed E-state index contributed by atoms with van der Waals surface area (Å²) in [6.07, 6.45) is 0. The molecule has 0 saturated heterocycles. The van der Waals surface area contributed by atoms with Crippen molar-refractivity contribution in [1.29, 1.82) is 0 Å². The predicted molar refractivity (Wildman–Crippen MR) is 103 cm³/mol. The summed E-state index contributed by atoms with van der Waals surface area (Å²) in [5, 5.41) is 2.82. The van der Waals surface area contributed by atoms with Crippen molar-refractivity contribution in [3.63, 3.8) is 0 Å². The molecule has 140 valence electrons. The summed E-state index contributed by atoms with van der Waals surface area (Å²) < 4.78 is 6.38. The minimum Gasteiger partial charge on any atom is -0.408 e. The fourth-order valence-corrected chi connectivity index (χ4v) is 2.80. The maximum atomic E-state index is 12.5. The maximum absolute atomic E-state index is 12.5. The quantitative estimate of drug-likeness (QED) is 0.750. The molecule has 0 fully saturated rings. The smallest absolute Gasteiger partial charge is 0.408 e. The predicted octanol–water partition coefficient (Wildman–Crippen LogP) is 2.31. The summed E-state index contributed by atoms with van der Waals surface area (Å²) in [5.74, 6) is -1.26. The molecule has 0 spiro atoms. The second kappa shape index (κ2) is 7.49. The molecule has 1 heterocycles. The van der Waals surface area contributed by atoms with Crippen LogP contribution in [0.5, 0.6) is 0 Å². The topological polar surface area (TPSA) is 84.5 Å². The first-order valence-corrected chi connectivity index (χ1v) is 8.55. The SMILES string of the molecule is Cc1cccc(NC(=O)CN(C)C(=O)Cn2c(=O)oc3ccccc32)c1C. The zero-order valence-corrected chi connectivity index (χ0v) is 15.5. The van der Waals surface area contributed by atoms with E-state index < -0.39 is 5.76 Å². The van der Waals surface area contributed by atoms with Crippen molar-refractivity contribution in [2.45, 2.75) is 20.4 Å². The van der Waals surface area contributed by atoms with E-state index in [1.54, 1.807) is 24.3 Å². The van der Waals surface area contributed by atoms with Gasteiger partial charge >= 0.3 is 5.76 Å². The van der Waals surface area contributed by atoms with E-state index in [4.69, 9.17) is 4.42 Å². The summed E-state index contributed by atoms with van der Waals surface area (Å²) in [7, 11) is 1.53. The molecular formula is C20H21N3O4. The molecule has 0 aliphatic heterocycles. The Morgan fingerprint density at radius 1 is 1.11 bits per heavy atom. The Balaban J connectivity index is 1.67. The lowest BCUT2D eigenvalue weighted by atomic mass is 10.1. The summed E-state index contributed by atoms with van der Waals surface area (Å²) in [5.41, 5.74) is 3.74. The largest absolute Gasteiger partial charge is 0.420 e. The molecule has 3 rings (SSSR count). The number of carbonyl (C=O) groups excluding carboxylic acids is 2. The van der Waals surface area contributed by atoms with E-state index >= 15 is 0 Å². The van der Waals surface area contributed by atoms with Gasteiger partial charge in [-0.05, 0) is 43.2 Å². The number of rotatable bonds is 5. The fourth-order valence-electron chi connectivity index (χ4n) is 2.80.